The molecular formula is C25H29N5O. The summed E-state index contributed by atoms with van der Waals surface area (Å²) in [6, 6.07) is 16.9. The largest absolute Gasteiger partial charge is 0.337 e. The number of para-hydroxylation sites is 1. The van der Waals surface area contributed by atoms with Crippen molar-refractivity contribution in [1.29, 1.82) is 0 Å². The monoisotopic (exact) mass is 415 g/mol. The van der Waals surface area contributed by atoms with Gasteiger partial charge in [0.15, 0.2) is 0 Å². The molecule has 3 heterocycles. The summed E-state index contributed by atoms with van der Waals surface area (Å²) in [5, 5.41) is 10.1. The van der Waals surface area contributed by atoms with Crippen LogP contribution in [0.2, 0.25) is 0 Å². The molecule has 4 aromatic rings. The molecule has 0 radical (unpaired) electrons. The van der Waals surface area contributed by atoms with Crippen LogP contribution in [-0.2, 0) is 12.8 Å². The zero-order chi connectivity index (χ0) is 21.2. The van der Waals surface area contributed by atoms with Crippen LogP contribution in [0.4, 0.5) is 0 Å². The van der Waals surface area contributed by atoms with Crippen molar-refractivity contribution >= 4 is 10.9 Å². The Morgan fingerprint density at radius 2 is 1.81 bits per heavy atom. The number of nitrogens with zero attached hydrogens (tertiary/aromatic N) is 5. The second kappa shape index (κ2) is 8.63. The maximum atomic E-state index is 5.69. The average Bonchev–Trinajstić information content (AvgIpc) is 3.44. The summed E-state index contributed by atoms with van der Waals surface area (Å²) in [7, 11) is 0. The van der Waals surface area contributed by atoms with Gasteiger partial charge in [-0.25, -0.2) is 0 Å². The van der Waals surface area contributed by atoms with Crippen molar-refractivity contribution in [2.75, 3.05) is 19.6 Å². The second-order valence-corrected chi connectivity index (χ2v) is 8.45. The molecular weight excluding hydrogens is 386 g/mol. The normalized spacial score (nSPS) is 15.7. The fraction of sp³-hybridized carbons (Fsp3) is 0.400. The first-order valence-electron chi connectivity index (χ1n) is 11.3. The van der Waals surface area contributed by atoms with E-state index in [1.54, 1.807) is 0 Å². The van der Waals surface area contributed by atoms with E-state index in [0.29, 0.717) is 11.9 Å². The van der Waals surface area contributed by atoms with Gasteiger partial charge in [0.2, 0.25) is 5.89 Å². The highest BCUT2D eigenvalue weighted by Gasteiger charge is 2.26. The fourth-order valence-electron chi connectivity index (χ4n) is 4.60. The van der Waals surface area contributed by atoms with Gasteiger partial charge < -0.3 is 9.42 Å². The molecule has 160 valence electrons. The van der Waals surface area contributed by atoms with Crippen molar-refractivity contribution in [2.24, 2.45) is 0 Å². The van der Waals surface area contributed by atoms with Crippen LogP contribution in [0.3, 0.4) is 0 Å². The quantitative estimate of drug-likeness (QED) is 0.457. The van der Waals surface area contributed by atoms with Crippen LogP contribution in [0.15, 0.2) is 53.1 Å². The zero-order valence-corrected chi connectivity index (χ0v) is 18.3. The first kappa shape index (κ1) is 19.9. The van der Waals surface area contributed by atoms with Gasteiger partial charge in [-0.15, -0.1) is 0 Å². The third-order valence-corrected chi connectivity index (χ3v) is 6.51. The van der Waals surface area contributed by atoms with E-state index in [0.717, 1.165) is 67.8 Å². The number of benzene rings is 2. The lowest BCUT2D eigenvalue weighted by molar-refractivity contribution is 0.196. The molecule has 6 heteroatoms. The van der Waals surface area contributed by atoms with Crippen LogP contribution in [0.1, 0.15) is 48.4 Å². The van der Waals surface area contributed by atoms with E-state index >= 15 is 0 Å². The number of rotatable bonds is 6. The third-order valence-electron chi connectivity index (χ3n) is 6.51. The minimum absolute atomic E-state index is 0.323. The SMILES string of the molecule is CCc1nn(-c2noc(C3CCN(CCc4ccccc4C)CC3)n2)c2ccccc12. The van der Waals surface area contributed by atoms with Crippen molar-refractivity contribution < 1.29 is 4.52 Å². The number of piperidine rings is 1. The van der Waals surface area contributed by atoms with Gasteiger partial charge in [-0.05, 0) is 68.0 Å². The number of hydrogen-bond donors (Lipinski definition) is 0. The van der Waals surface area contributed by atoms with Crippen LogP contribution < -0.4 is 0 Å². The van der Waals surface area contributed by atoms with E-state index < -0.39 is 0 Å². The molecule has 0 saturated carbocycles. The average molecular weight is 416 g/mol. The summed E-state index contributed by atoms with van der Waals surface area (Å²) in [4.78, 5) is 7.29. The van der Waals surface area contributed by atoms with Crippen LogP contribution in [0.5, 0.6) is 0 Å². The van der Waals surface area contributed by atoms with E-state index in [-0.39, 0.29) is 0 Å². The summed E-state index contributed by atoms with van der Waals surface area (Å²) in [5.74, 6) is 1.60. The molecule has 2 aromatic carbocycles. The van der Waals surface area contributed by atoms with Crippen molar-refractivity contribution in [2.45, 2.75) is 45.4 Å². The molecule has 0 spiro atoms. The zero-order valence-electron chi connectivity index (χ0n) is 18.3. The highest BCUT2D eigenvalue weighted by Crippen LogP contribution is 2.28. The second-order valence-electron chi connectivity index (χ2n) is 8.45. The molecule has 6 nitrogen and oxygen atoms in total. The van der Waals surface area contributed by atoms with Crippen LogP contribution >= 0.6 is 0 Å². The number of hydrogen-bond acceptors (Lipinski definition) is 5. The molecule has 1 aliphatic rings. The van der Waals surface area contributed by atoms with Gasteiger partial charge in [0, 0.05) is 17.8 Å². The van der Waals surface area contributed by atoms with Crippen LogP contribution in [0.25, 0.3) is 16.9 Å². The van der Waals surface area contributed by atoms with Gasteiger partial charge in [-0.2, -0.15) is 14.8 Å². The Morgan fingerprint density at radius 1 is 1.03 bits per heavy atom. The summed E-state index contributed by atoms with van der Waals surface area (Å²) in [5.41, 5.74) is 4.92. The number of aromatic nitrogens is 4. The smallest absolute Gasteiger partial charge is 0.291 e. The molecule has 0 N–H and O–H groups in total. The van der Waals surface area contributed by atoms with Crippen molar-refractivity contribution in [3.8, 4) is 5.95 Å². The minimum Gasteiger partial charge on any atom is -0.337 e. The Balaban J connectivity index is 1.24. The van der Waals surface area contributed by atoms with E-state index in [1.807, 2.05) is 16.8 Å². The Bertz CT molecular complexity index is 1170. The molecule has 1 aliphatic heterocycles. The lowest BCUT2D eigenvalue weighted by Crippen LogP contribution is -2.34. The Kier molecular flexibility index (Phi) is 5.55. The third kappa shape index (κ3) is 4.00. The highest BCUT2D eigenvalue weighted by molar-refractivity contribution is 5.83. The topological polar surface area (TPSA) is 60.0 Å². The molecule has 1 fully saturated rings. The first-order valence-corrected chi connectivity index (χ1v) is 11.3. The molecule has 0 atom stereocenters. The fourth-order valence-corrected chi connectivity index (χ4v) is 4.60. The summed E-state index contributed by atoms with van der Waals surface area (Å²) < 4.78 is 7.51. The molecule has 5 rings (SSSR count). The minimum atomic E-state index is 0.323. The van der Waals surface area contributed by atoms with Gasteiger partial charge in [-0.1, -0.05) is 49.4 Å². The predicted molar refractivity (Wildman–Crippen MR) is 122 cm³/mol. The highest BCUT2D eigenvalue weighted by atomic mass is 16.5. The van der Waals surface area contributed by atoms with E-state index in [2.05, 4.69) is 60.3 Å². The lowest BCUT2D eigenvalue weighted by atomic mass is 9.96. The van der Waals surface area contributed by atoms with Crippen LogP contribution in [0, 0.1) is 6.92 Å². The Hall–Kier alpha value is -2.99. The van der Waals surface area contributed by atoms with E-state index in [9.17, 15) is 0 Å². The maximum absolute atomic E-state index is 5.69. The standard InChI is InChI=1S/C25H29N5O/c1-3-22-21-10-6-7-11-23(21)30(27-22)25-26-24(31-28-25)20-13-16-29(17-14-20)15-12-19-9-5-4-8-18(19)2/h4-11,20H,3,12-17H2,1-2H3. The van der Waals surface area contributed by atoms with E-state index in [4.69, 9.17) is 14.6 Å². The predicted octanol–water partition coefficient (Wildman–Crippen LogP) is 4.70. The van der Waals surface area contributed by atoms with Crippen molar-refractivity contribution in [3.63, 3.8) is 0 Å². The summed E-state index contributed by atoms with van der Waals surface area (Å²) in [6.45, 7) is 7.55. The van der Waals surface area contributed by atoms with Gasteiger partial charge in [0.05, 0.1) is 11.2 Å². The van der Waals surface area contributed by atoms with Gasteiger partial charge in [0.1, 0.15) is 0 Å². The first-order chi connectivity index (χ1) is 15.2. The van der Waals surface area contributed by atoms with Crippen LogP contribution in [-0.4, -0.2) is 44.5 Å². The maximum Gasteiger partial charge on any atom is 0.291 e. The molecule has 1 saturated heterocycles. The number of aryl methyl sites for hydroxylation is 2. The summed E-state index contributed by atoms with van der Waals surface area (Å²) in [6.07, 6.45) is 4.08. The number of fused-ring (bicyclic) bond motifs is 1. The Morgan fingerprint density at radius 3 is 2.61 bits per heavy atom. The van der Waals surface area contributed by atoms with Crippen molar-refractivity contribution in [1.82, 2.24) is 24.8 Å². The van der Waals surface area contributed by atoms with E-state index in [1.165, 1.54) is 11.1 Å². The molecule has 0 amide bonds. The molecule has 2 aromatic heterocycles. The molecule has 0 bridgehead atoms. The lowest BCUT2D eigenvalue weighted by Gasteiger charge is -2.30. The molecule has 0 unspecified atom stereocenters. The van der Waals surface area contributed by atoms with Crippen molar-refractivity contribution in [3.05, 3.63) is 71.2 Å². The van der Waals surface area contributed by atoms with Gasteiger partial charge in [-0.3, -0.25) is 0 Å². The molecule has 31 heavy (non-hydrogen) atoms. The van der Waals surface area contributed by atoms with Gasteiger partial charge >= 0.3 is 0 Å². The Labute approximate surface area is 182 Å². The molecule has 0 aliphatic carbocycles. The van der Waals surface area contributed by atoms with Gasteiger partial charge in [0.25, 0.3) is 5.95 Å². The summed E-state index contributed by atoms with van der Waals surface area (Å²) >= 11 is 0. The number of likely N-dealkylation sites (tertiary alicyclic amines) is 1.